The van der Waals surface area contributed by atoms with Crippen LogP contribution in [0, 0.1) is 6.92 Å². The molecule has 3 rings (SSSR count). The monoisotopic (exact) mass is 380 g/mol. The first-order chi connectivity index (χ1) is 13.5. The maximum Gasteiger partial charge on any atom is 0.340 e. The molecule has 0 aliphatic heterocycles. The van der Waals surface area contributed by atoms with Crippen LogP contribution < -0.4 is 10.1 Å². The predicted molar refractivity (Wildman–Crippen MR) is 103 cm³/mol. The summed E-state index contributed by atoms with van der Waals surface area (Å²) >= 11 is 0. The number of oxazole rings is 1. The summed E-state index contributed by atoms with van der Waals surface area (Å²) in [6.45, 7) is 1.76. The van der Waals surface area contributed by atoms with Crippen LogP contribution in [0.25, 0.3) is 11.5 Å². The van der Waals surface area contributed by atoms with Crippen molar-refractivity contribution in [1.29, 1.82) is 0 Å². The Balaban J connectivity index is 1.78. The molecular weight excluding hydrogens is 360 g/mol. The lowest BCUT2D eigenvalue weighted by atomic mass is 10.1. The van der Waals surface area contributed by atoms with E-state index in [9.17, 15) is 9.59 Å². The third-order valence-electron chi connectivity index (χ3n) is 4.15. The predicted octanol–water partition coefficient (Wildman–Crippen LogP) is 3.63. The number of amides is 1. The fourth-order valence-corrected chi connectivity index (χ4v) is 2.68. The van der Waals surface area contributed by atoms with Crippen molar-refractivity contribution in [3.63, 3.8) is 0 Å². The number of carbonyl (C=O) groups excluding carboxylic acids is 2. The fraction of sp³-hybridized carbons (Fsp3) is 0.190. The van der Waals surface area contributed by atoms with Gasteiger partial charge >= 0.3 is 5.97 Å². The molecule has 28 heavy (non-hydrogen) atoms. The Morgan fingerprint density at radius 1 is 1.11 bits per heavy atom. The molecule has 0 unspecified atom stereocenters. The lowest BCUT2D eigenvalue weighted by molar-refractivity contribution is -0.115. The summed E-state index contributed by atoms with van der Waals surface area (Å²) < 4.78 is 15.6. The van der Waals surface area contributed by atoms with Crippen LogP contribution in [-0.2, 0) is 16.0 Å². The minimum atomic E-state index is -0.571. The average Bonchev–Trinajstić information content (AvgIpc) is 3.08. The second-order valence-corrected chi connectivity index (χ2v) is 6.02. The summed E-state index contributed by atoms with van der Waals surface area (Å²) in [6.07, 6.45) is 0.00874. The van der Waals surface area contributed by atoms with E-state index in [0.29, 0.717) is 28.8 Å². The van der Waals surface area contributed by atoms with E-state index in [-0.39, 0.29) is 17.9 Å². The Morgan fingerprint density at radius 3 is 2.54 bits per heavy atom. The Morgan fingerprint density at radius 2 is 1.86 bits per heavy atom. The van der Waals surface area contributed by atoms with Gasteiger partial charge in [-0.3, -0.25) is 4.79 Å². The highest BCUT2D eigenvalue weighted by molar-refractivity contribution is 6.02. The van der Waals surface area contributed by atoms with Gasteiger partial charge in [0.2, 0.25) is 11.8 Å². The molecule has 0 atom stereocenters. The van der Waals surface area contributed by atoms with Gasteiger partial charge in [-0.1, -0.05) is 18.2 Å². The molecule has 0 bridgehead atoms. The van der Waals surface area contributed by atoms with Gasteiger partial charge in [-0.2, -0.15) is 0 Å². The highest BCUT2D eigenvalue weighted by atomic mass is 16.5. The molecular formula is C21H20N2O5. The third-order valence-corrected chi connectivity index (χ3v) is 4.15. The zero-order valence-corrected chi connectivity index (χ0v) is 15.8. The number of methoxy groups -OCH3 is 2. The molecule has 0 radical (unpaired) electrons. The molecule has 1 N–H and O–H groups in total. The van der Waals surface area contributed by atoms with Crippen LogP contribution in [0.5, 0.6) is 5.75 Å². The highest BCUT2D eigenvalue weighted by Crippen LogP contribution is 2.24. The number of nitrogens with one attached hydrogen (secondary N) is 1. The standard InChI is InChI=1S/C21H20N2O5/c1-13-18(23-20(28-13)14-7-5-4-6-8-14)12-19(24)22-17-10-9-15(26-2)11-16(17)21(25)27-3/h4-11H,12H2,1-3H3,(H,22,24). The molecule has 144 valence electrons. The number of nitrogens with zero attached hydrogens (tertiary/aromatic N) is 1. The van der Waals surface area contributed by atoms with E-state index in [1.165, 1.54) is 20.3 Å². The van der Waals surface area contributed by atoms with Crippen molar-refractivity contribution >= 4 is 17.6 Å². The molecule has 0 aliphatic carbocycles. The number of aromatic nitrogens is 1. The molecule has 0 saturated heterocycles. The van der Waals surface area contributed by atoms with E-state index in [4.69, 9.17) is 13.9 Å². The summed E-state index contributed by atoms with van der Waals surface area (Å²) in [6, 6.07) is 14.2. The number of hydrogen-bond acceptors (Lipinski definition) is 6. The maximum atomic E-state index is 12.5. The van der Waals surface area contributed by atoms with Crippen LogP contribution >= 0.6 is 0 Å². The summed E-state index contributed by atoms with van der Waals surface area (Å²) in [4.78, 5) is 28.9. The summed E-state index contributed by atoms with van der Waals surface area (Å²) in [5.74, 6) is 0.611. The molecule has 7 heteroatoms. The van der Waals surface area contributed by atoms with E-state index in [1.807, 2.05) is 30.3 Å². The van der Waals surface area contributed by atoms with Crippen LogP contribution in [-0.4, -0.2) is 31.1 Å². The van der Waals surface area contributed by atoms with Crippen molar-refractivity contribution in [2.75, 3.05) is 19.5 Å². The topological polar surface area (TPSA) is 90.7 Å². The Hall–Kier alpha value is -3.61. The number of carbonyl (C=O) groups is 2. The van der Waals surface area contributed by atoms with Gasteiger partial charge < -0.3 is 19.2 Å². The summed E-state index contributed by atoms with van der Waals surface area (Å²) in [7, 11) is 2.77. The van der Waals surface area contributed by atoms with Gasteiger partial charge in [0.15, 0.2) is 0 Å². The highest BCUT2D eigenvalue weighted by Gasteiger charge is 2.18. The number of benzene rings is 2. The number of esters is 1. The third kappa shape index (κ3) is 4.20. The number of rotatable bonds is 6. The Kier molecular flexibility index (Phi) is 5.74. The molecule has 2 aromatic carbocycles. The van der Waals surface area contributed by atoms with Crippen LogP contribution in [0.15, 0.2) is 52.9 Å². The Labute approximate surface area is 162 Å². The van der Waals surface area contributed by atoms with Gasteiger partial charge in [-0.25, -0.2) is 9.78 Å². The minimum Gasteiger partial charge on any atom is -0.497 e. The lowest BCUT2D eigenvalue weighted by Crippen LogP contribution is -2.18. The number of hydrogen-bond donors (Lipinski definition) is 1. The molecule has 0 saturated carbocycles. The number of ether oxygens (including phenoxy) is 2. The second kappa shape index (κ2) is 8.39. The van der Waals surface area contributed by atoms with Gasteiger partial charge in [-0.05, 0) is 37.3 Å². The van der Waals surface area contributed by atoms with E-state index < -0.39 is 5.97 Å². The first kappa shape index (κ1) is 19.2. The normalized spacial score (nSPS) is 10.4. The molecule has 1 amide bonds. The van der Waals surface area contributed by atoms with Crippen molar-refractivity contribution in [2.24, 2.45) is 0 Å². The van der Waals surface area contributed by atoms with Crippen molar-refractivity contribution < 1.29 is 23.5 Å². The average molecular weight is 380 g/mol. The molecule has 0 fully saturated rings. The first-order valence-corrected chi connectivity index (χ1v) is 8.59. The maximum absolute atomic E-state index is 12.5. The van der Waals surface area contributed by atoms with Crippen LogP contribution in [0.4, 0.5) is 5.69 Å². The second-order valence-electron chi connectivity index (χ2n) is 6.02. The molecule has 0 aliphatic rings. The smallest absolute Gasteiger partial charge is 0.340 e. The van der Waals surface area contributed by atoms with Crippen LogP contribution in [0.1, 0.15) is 21.8 Å². The van der Waals surface area contributed by atoms with Crippen molar-refractivity contribution in [2.45, 2.75) is 13.3 Å². The van der Waals surface area contributed by atoms with Gasteiger partial charge in [0.25, 0.3) is 0 Å². The molecule has 1 heterocycles. The quantitative estimate of drug-likeness (QED) is 0.657. The fourth-order valence-electron chi connectivity index (χ4n) is 2.68. The largest absolute Gasteiger partial charge is 0.497 e. The minimum absolute atomic E-state index is 0.00874. The number of aryl methyl sites for hydroxylation is 1. The molecule has 7 nitrogen and oxygen atoms in total. The SMILES string of the molecule is COC(=O)c1cc(OC)ccc1NC(=O)Cc1nc(-c2ccccc2)oc1C. The molecule has 3 aromatic rings. The van der Waals surface area contributed by atoms with E-state index >= 15 is 0 Å². The van der Waals surface area contributed by atoms with Gasteiger partial charge in [0, 0.05) is 5.56 Å². The van der Waals surface area contributed by atoms with Crippen molar-refractivity contribution in [3.8, 4) is 17.2 Å². The molecule has 0 spiro atoms. The molecule has 1 aromatic heterocycles. The lowest BCUT2D eigenvalue weighted by Gasteiger charge is -2.11. The zero-order chi connectivity index (χ0) is 20.1. The summed E-state index contributed by atoms with van der Waals surface area (Å²) in [5.41, 5.74) is 1.91. The van der Waals surface area contributed by atoms with Crippen LogP contribution in [0.2, 0.25) is 0 Å². The van der Waals surface area contributed by atoms with E-state index in [0.717, 1.165) is 5.56 Å². The van der Waals surface area contributed by atoms with Crippen molar-refractivity contribution in [3.05, 3.63) is 65.5 Å². The van der Waals surface area contributed by atoms with Gasteiger partial charge in [-0.15, -0.1) is 0 Å². The Bertz CT molecular complexity index is 995. The van der Waals surface area contributed by atoms with E-state index in [1.54, 1.807) is 19.1 Å². The summed E-state index contributed by atoms with van der Waals surface area (Å²) in [5, 5.41) is 2.72. The van der Waals surface area contributed by atoms with E-state index in [2.05, 4.69) is 10.3 Å². The van der Waals surface area contributed by atoms with Gasteiger partial charge in [0.1, 0.15) is 11.5 Å². The van der Waals surface area contributed by atoms with Crippen molar-refractivity contribution in [1.82, 2.24) is 4.98 Å². The number of anilines is 1. The zero-order valence-electron chi connectivity index (χ0n) is 15.8. The van der Waals surface area contributed by atoms with Crippen LogP contribution in [0.3, 0.4) is 0 Å². The first-order valence-electron chi connectivity index (χ1n) is 8.59. The van der Waals surface area contributed by atoms with Gasteiger partial charge in [0.05, 0.1) is 37.6 Å².